The SMILES string of the molecule is Cc1cccc(OCC(=O)N2CCN(C(=O)c3ccccc3Cl)CC2)c1C. The van der Waals surface area contributed by atoms with E-state index in [9.17, 15) is 9.59 Å². The molecular formula is C21H23ClN2O3. The van der Waals surface area contributed by atoms with Crippen molar-refractivity contribution >= 4 is 23.4 Å². The zero-order chi connectivity index (χ0) is 19.4. The lowest BCUT2D eigenvalue weighted by Crippen LogP contribution is -2.51. The molecule has 0 aromatic heterocycles. The van der Waals surface area contributed by atoms with Crippen LogP contribution in [0.4, 0.5) is 0 Å². The molecule has 0 radical (unpaired) electrons. The largest absolute Gasteiger partial charge is 0.483 e. The van der Waals surface area contributed by atoms with Crippen molar-refractivity contribution in [1.29, 1.82) is 0 Å². The van der Waals surface area contributed by atoms with Crippen LogP contribution in [0, 0.1) is 13.8 Å². The van der Waals surface area contributed by atoms with Crippen LogP contribution in [0.2, 0.25) is 5.02 Å². The third-order valence-electron chi connectivity index (χ3n) is 4.93. The number of carbonyl (C=O) groups excluding carboxylic acids is 2. The highest BCUT2D eigenvalue weighted by Crippen LogP contribution is 2.21. The van der Waals surface area contributed by atoms with Crippen molar-refractivity contribution in [1.82, 2.24) is 9.80 Å². The molecule has 0 saturated carbocycles. The topological polar surface area (TPSA) is 49.9 Å². The smallest absolute Gasteiger partial charge is 0.260 e. The lowest BCUT2D eigenvalue weighted by Gasteiger charge is -2.35. The number of hydrogen-bond acceptors (Lipinski definition) is 3. The van der Waals surface area contributed by atoms with Gasteiger partial charge in [-0.05, 0) is 43.2 Å². The molecule has 0 bridgehead atoms. The fraction of sp³-hybridized carbons (Fsp3) is 0.333. The van der Waals surface area contributed by atoms with Gasteiger partial charge in [-0.15, -0.1) is 0 Å². The first-order valence-electron chi connectivity index (χ1n) is 8.98. The fourth-order valence-corrected chi connectivity index (χ4v) is 3.29. The van der Waals surface area contributed by atoms with Crippen LogP contribution in [0.1, 0.15) is 21.5 Å². The molecule has 0 N–H and O–H groups in total. The van der Waals surface area contributed by atoms with Crippen molar-refractivity contribution in [2.24, 2.45) is 0 Å². The minimum absolute atomic E-state index is 0.00273. The molecule has 2 amide bonds. The first kappa shape index (κ1) is 19.2. The Labute approximate surface area is 164 Å². The summed E-state index contributed by atoms with van der Waals surface area (Å²) in [6.45, 7) is 5.95. The van der Waals surface area contributed by atoms with Crippen molar-refractivity contribution in [2.75, 3.05) is 32.8 Å². The van der Waals surface area contributed by atoms with E-state index in [1.807, 2.05) is 32.0 Å². The van der Waals surface area contributed by atoms with E-state index < -0.39 is 0 Å². The van der Waals surface area contributed by atoms with Crippen molar-refractivity contribution < 1.29 is 14.3 Å². The molecular weight excluding hydrogens is 364 g/mol. The van der Waals surface area contributed by atoms with Gasteiger partial charge in [0.1, 0.15) is 5.75 Å². The van der Waals surface area contributed by atoms with E-state index in [-0.39, 0.29) is 18.4 Å². The quantitative estimate of drug-likeness (QED) is 0.809. The summed E-state index contributed by atoms with van der Waals surface area (Å²) in [5.41, 5.74) is 2.67. The van der Waals surface area contributed by atoms with Crippen LogP contribution in [-0.2, 0) is 4.79 Å². The van der Waals surface area contributed by atoms with Crippen LogP contribution in [-0.4, -0.2) is 54.4 Å². The molecule has 0 spiro atoms. The predicted octanol–water partition coefficient (Wildman–Crippen LogP) is 3.32. The molecule has 2 aromatic carbocycles. The molecule has 0 atom stereocenters. The Morgan fingerprint density at radius 2 is 1.63 bits per heavy atom. The second kappa shape index (κ2) is 8.44. The van der Waals surface area contributed by atoms with Crippen molar-refractivity contribution in [3.8, 4) is 5.75 Å². The maximum atomic E-state index is 12.6. The first-order valence-corrected chi connectivity index (χ1v) is 9.36. The fourth-order valence-electron chi connectivity index (χ4n) is 3.08. The minimum Gasteiger partial charge on any atom is -0.483 e. The molecule has 5 nitrogen and oxygen atoms in total. The average Bonchev–Trinajstić information content (AvgIpc) is 2.69. The van der Waals surface area contributed by atoms with Gasteiger partial charge >= 0.3 is 0 Å². The second-order valence-corrected chi connectivity index (χ2v) is 7.05. The summed E-state index contributed by atoms with van der Waals surface area (Å²) in [5, 5.41) is 0.447. The molecule has 6 heteroatoms. The molecule has 142 valence electrons. The van der Waals surface area contributed by atoms with E-state index in [1.54, 1.807) is 34.1 Å². The number of amides is 2. The lowest BCUT2D eigenvalue weighted by molar-refractivity contribution is -0.134. The van der Waals surface area contributed by atoms with Crippen molar-refractivity contribution in [3.63, 3.8) is 0 Å². The highest BCUT2D eigenvalue weighted by atomic mass is 35.5. The maximum Gasteiger partial charge on any atom is 0.260 e. The van der Waals surface area contributed by atoms with Crippen molar-refractivity contribution in [2.45, 2.75) is 13.8 Å². The molecule has 2 aromatic rings. The number of hydrogen-bond donors (Lipinski definition) is 0. The van der Waals surface area contributed by atoms with Gasteiger partial charge in [0.15, 0.2) is 6.61 Å². The number of piperazine rings is 1. The van der Waals surface area contributed by atoms with Crippen LogP contribution >= 0.6 is 11.6 Å². The Morgan fingerprint density at radius 1 is 0.963 bits per heavy atom. The zero-order valence-electron chi connectivity index (χ0n) is 15.6. The lowest BCUT2D eigenvalue weighted by atomic mass is 10.1. The van der Waals surface area contributed by atoms with Crippen LogP contribution in [0.15, 0.2) is 42.5 Å². The number of benzene rings is 2. The molecule has 1 aliphatic heterocycles. The van der Waals surface area contributed by atoms with Crippen LogP contribution in [0.3, 0.4) is 0 Å². The van der Waals surface area contributed by atoms with E-state index in [1.165, 1.54) is 0 Å². The summed E-state index contributed by atoms with van der Waals surface area (Å²) in [5.74, 6) is 0.566. The first-order chi connectivity index (χ1) is 13.0. The van der Waals surface area contributed by atoms with Gasteiger partial charge in [0.25, 0.3) is 11.8 Å². The summed E-state index contributed by atoms with van der Waals surface area (Å²) < 4.78 is 5.70. The Morgan fingerprint density at radius 3 is 2.33 bits per heavy atom. The predicted molar refractivity (Wildman–Crippen MR) is 105 cm³/mol. The summed E-state index contributed by atoms with van der Waals surface area (Å²) in [7, 11) is 0. The number of halogens is 1. The van der Waals surface area contributed by atoms with E-state index in [0.717, 1.165) is 16.9 Å². The Balaban J connectivity index is 1.53. The van der Waals surface area contributed by atoms with Gasteiger partial charge in [-0.25, -0.2) is 0 Å². The van der Waals surface area contributed by atoms with Crippen LogP contribution in [0.5, 0.6) is 5.75 Å². The van der Waals surface area contributed by atoms with E-state index in [2.05, 4.69) is 0 Å². The zero-order valence-corrected chi connectivity index (χ0v) is 16.3. The number of nitrogens with zero attached hydrogens (tertiary/aromatic N) is 2. The summed E-state index contributed by atoms with van der Waals surface area (Å²) in [6, 6.07) is 12.8. The monoisotopic (exact) mass is 386 g/mol. The molecule has 1 fully saturated rings. The second-order valence-electron chi connectivity index (χ2n) is 6.64. The Hall–Kier alpha value is -2.53. The third-order valence-corrected chi connectivity index (χ3v) is 5.26. The number of rotatable bonds is 4. The van der Waals surface area contributed by atoms with Crippen LogP contribution < -0.4 is 4.74 Å². The van der Waals surface area contributed by atoms with Crippen LogP contribution in [0.25, 0.3) is 0 Å². The Bertz CT molecular complexity index is 845. The molecule has 0 aliphatic carbocycles. The number of ether oxygens (including phenoxy) is 1. The van der Waals surface area contributed by atoms with Crippen molar-refractivity contribution in [3.05, 3.63) is 64.2 Å². The summed E-state index contributed by atoms with van der Waals surface area (Å²) >= 11 is 6.11. The molecule has 1 aliphatic rings. The minimum atomic E-state index is -0.0978. The van der Waals surface area contributed by atoms with Gasteiger partial charge in [-0.2, -0.15) is 0 Å². The van der Waals surface area contributed by atoms with E-state index in [0.29, 0.717) is 36.8 Å². The molecule has 1 saturated heterocycles. The van der Waals surface area contributed by atoms with Gasteiger partial charge in [0, 0.05) is 26.2 Å². The van der Waals surface area contributed by atoms with Gasteiger partial charge in [-0.3, -0.25) is 9.59 Å². The average molecular weight is 387 g/mol. The molecule has 1 heterocycles. The maximum absolute atomic E-state index is 12.6. The summed E-state index contributed by atoms with van der Waals surface area (Å²) in [4.78, 5) is 28.5. The summed E-state index contributed by atoms with van der Waals surface area (Å²) in [6.07, 6.45) is 0. The number of aryl methyl sites for hydroxylation is 1. The third kappa shape index (κ3) is 4.42. The molecule has 0 unspecified atom stereocenters. The van der Waals surface area contributed by atoms with Gasteiger partial charge in [-0.1, -0.05) is 35.9 Å². The van der Waals surface area contributed by atoms with E-state index in [4.69, 9.17) is 16.3 Å². The normalized spacial score (nSPS) is 14.2. The molecule has 3 rings (SSSR count). The number of carbonyl (C=O) groups is 2. The van der Waals surface area contributed by atoms with Gasteiger partial charge in [0.2, 0.25) is 0 Å². The standard InChI is InChI=1S/C21H23ClN2O3/c1-15-6-5-9-19(16(15)2)27-14-20(25)23-10-12-24(13-11-23)21(26)17-7-3-4-8-18(17)22/h3-9H,10-14H2,1-2H3. The highest BCUT2D eigenvalue weighted by molar-refractivity contribution is 6.33. The molecule has 27 heavy (non-hydrogen) atoms. The Kier molecular flexibility index (Phi) is 6.01. The van der Waals surface area contributed by atoms with E-state index >= 15 is 0 Å². The van der Waals surface area contributed by atoms with Gasteiger partial charge in [0.05, 0.1) is 10.6 Å². The highest BCUT2D eigenvalue weighted by Gasteiger charge is 2.26. The van der Waals surface area contributed by atoms with Gasteiger partial charge < -0.3 is 14.5 Å².